The van der Waals surface area contributed by atoms with E-state index in [0.29, 0.717) is 12.5 Å². The topological polar surface area (TPSA) is 95.7 Å². The van der Waals surface area contributed by atoms with E-state index in [9.17, 15) is 20.0 Å². The molecule has 7 nitrogen and oxygen atoms in total. The summed E-state index contributed by atoms with van der Waals surface area (Å²) in [7, 11) is 1.76. The fraction of sp³-hybridized carbons (Fsp3) is 0.533. The maximum absolute atomic E-state index is 12.2. The molecule has 1 aliphatic rings. The summed E-state index contributed by atoms with van der Waals surface area (Å²) in [5.74, 6) is 0.00715. The highest BCUT2D eigenvalue weighted by atomic mass is 16.6. The summed E-state index contributed by atoms with van der Waals surface area (Å²) in [6.45, 7) is 2.12. The second kappa shape index (κ2) is 6.85. The molecule has 0 radical (unpaired) electrons. The van der Waals surface area contributed by atoms with Crippen LogP contribution in [-0.2, 0) is 4.79 Å². The van der Waals surface area contributed by atoms with Gasteiger partial charge in [-0.05, 0) is 38.8 Å². The predicted molar refractivity (Wildman–Crippen MR) is 82.5 cm³/mol. The third-order valence-electron chi connectivity index (χ3n) is 4.04. The summed E-state index contributed by atoms with van der Waals surface area (Å²) < 4.78 is 0. The number of amides is 1. The van der Waals surface area contributed by atoms with Crippen molar-refractivity contribution in [3.8, 4) is 0 Å². The largest absolute Gasteiger partial charge is 0.392 e. The zero-order chi connectivity index (χ0) is 16.3. The minimum atomic E-state index is -0.527. The molecule has 1 aromatic carbocycles. The molecule has 120 valence electrons. The zero-order valence-electron chi connectivity index (χ0n) is 12.7. The van der Waals surface area contributed by atoms with E-state index in [4.69, 9.17) is 0 Å². The molecule has 0 spiro atoms. The molecule has 2 N–H and O–H groups in total. The smallest absolute Gasteiger partial charge is 0.292 e. The maximum atomic E-state index is 12.2. The van der Waals surface area contributed by atoms with Gasteiger partial charge in [0.05, 0.1) is 17.1 Å². The third kappa shape index (κ3) is 4.02. The lowest BCUT2D eigenvalue weighted by molar-refractivity contribution is -0.383. The maximum Gasteiger partial charge on any atom is 0.292 e. The van der Waals surface area contributed by atoms with E-state index in [2.05, 4.69) is 5.32 Å². The number of para-hydroxylation sites is 2. The molecule has 0 aromatic heterocycles. The first-order chi connectivity index (χ1) is 10.4. The Morgan fingerprint density at radius 3 is 2.73 bits per heavy atom. The van der Waals surface area contributed by atoms with Crippen LogP contribution in [0.3, 0.4) is 0 Å². The van der Waals surface area contributed by atoms with Crippen molar-refractivity contribution in [1.82, 2.24) is 4.90 Å². The van der Waals surface area contributed by atoms with Gasteiger partial charge in [0, 0.05) is 12.6 Å². The van der Waals surface area contributed by atoms with Crippen LogP contribution in [0.25, 0.3) is 0 Å². The van der Waals surface area contributed by atoms with E-state index in [1.807, 2.05) is 0 Å². The number of aliphatic hydroxyl groups excluding tert-OH is 1. The van der Waals surface area contributed by atoms with Gasteiger partial charge in [-0.25, -0.2) is 0 Å². The normalized spacial score (nSPS) is 17.1. The van der Waals surface area contributed by atoms with Crippen molar-refractivity contribution in [2.45, 2.75) is 31.9 Å². The fourth-order valence-electron chi connectivity index (χ4n) is 2.26. The second-order valence-corrected chi connectivity index (χ2v) is 5.78. The van der Waals surface area contributed by atoms with Crippen LogP contribution in [0.5, 0.6) is 0 Å². The molecule has 1 amide bonds. The number of benzene rings is 1. The van der Waals surface area contributed by atoms with Crippen LogP contribution >= 0.6 is 0 Å². The molecule has 0 aliphatic heterocycles. The summed E-state index contributed by atoms with van der Waals surface area (Å²) in [6, 6.07) is 5.54. The number of hydrogen-bond acceptors (Lipinski definition) is 5. The van der Waals surface area contributed by atoms with Crippen molar-refractivity contribution in [1.29, 1.82) is 0 Å². The predicted octanol–water partition coefficient (Wildman–Crippen LogP) is 1.62. The highest BCUT2D eigenvalue weighted by Gasteiger charge is 2.32. The summed E-state index contributed by atoms with van der Waals surface area (Å²) in [5.41, 5.74) is 0.0456. The lowest BCUT2D eigenvalue weighted by Gasteiger charge is -2.26. The Morgan fingerprint density at radius 1 is 1.50 bits per heavy atom. The van der Waals surface area contributed by atoms with E-state index in [1.165, 1.54) is 12.1 Å². The second-order valence-electron chi connectivity index (χ2n) is 5.78. The number of rotatable bonds is 7. The van der Waals surface area contributed by atoms with Crippen LogP contribution in [0.15, 0.2) is 24.3 Å². The Hall–Kier alpha value is -1.99. The summed E-state index contributed by atoms with van der Waals surface area (Å²) in [6.07, 6.45) is 1.64. The molecule has 0 heterocycles. The number of hydrogen-bond donors (Lipinski definition) is 2. The molecule has 1 aromatic rings. The number of nitrogens with zero attached hydrogens (tertiary/aromatic N) is 2. The average molecular weight is 307 g/mol. The minimum Gasteiger partial charge on any atom is -0.392 e. The zero-order valence-corrected chi connectivity index (χ0v) is 12.7. The molecular weight excluding hydrogens is 286 g/mol. The fourth-order valence-corrected chi connectivity index (χ4v) is 2.26. The van der Waals surface area contributed by atoms with Crippen LogP contribution in [-0.4, -0.2) is 46.6 Å². The van der Waals surface area contributed by atoms with E-state index in [0.717, 1.165) is 12.8 Å². The van der Waals surface area contributed by atoms with Gasteiger partial charge in [0.15, 0.2) is 0 Å². The van der Waals surface area contributed by atoms with Crippen LogP contribution in [0.4, 0.5) is 11.4 Å². The van der Waals surface area contributed by atoms with Crippen molar-refractivity contribution in [3.63, 3.8) is 0 Å². The van der Waals surface area contributed by atoms with Gasteiger partial charge in [0.2, 0.25) is 5.91 Å². The van der Waals surface area contributed by atoms with Gasteiger partial charge in [-0.3, -0.25) is 19.8 Å². The summed E-state index contributed by atoms with van der Waals surface area (Å²) in [5, 5.41) is 23.5. The number of carbonyl (C=O) groups excluding carboxylic acids is 1. The molecule has 0 bridgehead atoms. The van der Waals surface area contributed by atoms with Gasteiger partial charge >= 0.3 is 0 Å². The molecule has 1 saturated carbocycles. The molecule has 7 heteroatoms. The first-order valence-electron chi connectivity index (χ1n) is 7.32. The SMILES string of the molecule is CC(C(=O)Nc1ccccc1[N+](=O)[O-])N(C)CC(O)C1CC1. The summed E-state index contributed by atoms with van der Waals surface area (Å²) >= 11 is 0. The average Bonchev–Trinajstić information content (AvgIpc) is 3.31. The Balaban J connectivity index is 1.97. The first-order valence-corrected chi connectivity index (χ1v) is 7.32. The van der Waals surface area contributed by atoms with E-state index >= 15 is 0 Å². The first kappa shape index (κ1) is 16.4. The van der Waals surface area contributed by atoms with Crippen molar-refractivity contribution in [3.05, 3.63) is 34.4 Å². The number of aliphatic hydroxyl groups is 1. The Kier molecular flexibility index (Phi) is 5.10. The highest BCUT2D eigenvalue weighted by Crippen LogP contribution is 2.33. The molecule has 2 rings (SSSR count). The Labute approximate surface area is 129 Å². The van der Waals surface area contributed by atoms with Gasteiger partial charge in [-0.1, -0.05) is 12.1 Å². The van der Waals surface area contributed by atoms with Gasteiger partial charge in [-0.2, -0.15) is 0 Å². The molecular formula is C15H21N3O4. The van der Waals surface area contributed by atoms with Crippen molar-refractivity contribution in [2.75, 3.05) is 18.9 Å². The van der Waals surface area contributed by atoms with Gasteiger partial charge < -0.3 is 10.4 Å². The molecule has 1 aliphatic carbocycles. The standard InChI is InChI=1S/C15H21N3O4/c1-10(17(2)9-14(19)11-7-8-11)15(20)16-12-5-3-4-6-13(12)18(21)22/h3-6,10-11,14,19H,7-9H2,1-2H3,(H,16,20). The number of nitrogens with one attached hydrogen (secondary N) is 1. The molecule has 2 atom stereocenters. The Morgan fingerprint density at radius 2 is 2.14 bits per heavy atom. The van der Waals surface area contributed by atoms with E-state index in [-0.39, 0.29) is 17.3 Å². The molecule has 2 unspecified atom stereocenters. The van der Waals surface area contributed by atoms with E-state index in [1.54, 1.807) is 31.0 Å². The molecule has 1 fully saturated rings. The van der Waals surface area contributed by atoms with Gasteiger partial charge in [-0.15, -0.1) is 0 Å². The van der Waals surface area contributed by atoms with Crippen LogP contribution in [0, 0.1) is 16.0 Å². The number of carbonyl (C=O) groups is 1. The lowest BCUT2D eigenvalue weighted by Crippen LogP contribution is -2.43. The number of nitro benzene ring substituents is 1. The summed E-state index contributed by atoms with van der Waals surface area (Å²) in [4.78, 5) is 24.4. The molecule has 22 heavy (non-hydrogen) atoms. The number of nitro groups is 1. The minimum absolute atomic E-state index is 0.135. The number of anilines is 1. The lowest BCUT2D eigenvalue weighted by atomic mass is 10.2. The monoisotopic (exact) mass is 307 g/mol. The third-order valence-corrected chi connectivity index (χ3v) is 4.04. The van der Waals surface area contributed by atoms with Crippen molar-refractivity contribution in [2.24, 2.45) is 5.92 Å². The van der Waals surface area contributed by atoms with Gasteiger partial charge in [0.1, 0.15) is 5.69 Å². The quantitative estimate of drug-likeness (QED) is 0.589. The van der Waals surface area contributed by atoms with Crippen LogP contribution in [0.1, 0.15) is 19.8 Å². The van der Waals surface area contributed by atoms with E-state index < -0.39 is 17.1 Å². The molecule has 0 saturated heterocycles. The van der Waals surface area contributed by atoms with Crippen LogP contribution < -0.4 is 5.32 Å². The van der Waals surface area contributed by atoms with Gasteiger partial charge in [0.25, 0.3) is 5.69 Å². The highest BCUT2D eigenvalue weighted by molar-refractivity contribution is 5.96. The van der Waals surface area contributed by atoms with Crippen molar-refractivity contribution >= 4 is 17.3 Å². The Bertz CT molecular complexity index is 559. The number of likely N-dealkylation sites (N-methyl/N-ethyl adjacent to an activating group) is 1. The van der Waals surface area contributed by atoms with Crippen LogP contribution in [0.2, 0.25) is 0 Å². The van der Waals surface area contributed by atoms with Crippen molar-refractivity contribution < 1.29 is 14.8 Å².